The van der Waals surface area contributed by atoms with Crippen molar-refractivity contribution in [1.29, 1.82) is 0 Å². The molecule has 0 aliphatic heterocycles. The molecule has 1 heterocycles. The summed E-state index contributed by atoms with van der Waals surface area (Å²) in [7, 11) is 3.56. The van der Waals surface area contributed by atoms with Crippen LogP contribution in [-0.2, 0) is 7.05 Å². The quantitative estimate of drug-likeness (QED) is 0.812. The number of ether oxygens (including phenoxy) is 1. The zero-order chi connectivity index (χ0) is 14.3. The number of rotatable bonds is 3. The summed E-state index contributed by atoms with van der Waals surface area (Å²) < 4.78 is 7.37. The third-order valence-electron chi connectivity index (χ3n) is 4.17. The van der Waals surface area contributed by atoms with E-state index in [1.807, 2.05) is 11.6 Å². The fourth-order valence-electron chi connectivity index (χ4n) is 3.19. The van der Waals surface area contributed by atoms with Crippen molar-refractivity contribution >= 4 is 27.9 Å². The minimum absolute atomic E-state index is 0.460. The van der Waals surface area contributed by atoms with E-state index in [0.717, 1.165) is 29.7 Å². The van der Waals surface area contributed by atoms with Gasteiger partial charge in [-0.25, -0.2) is 4.98 Å². The van der Waals surface area contributed by atoms with Crippen molar-refractivity contribution in [2.45, 2.75) is 31.6 Å². The number of methoxy groups -OCH3 is 1. The largest absolute Gasteiger partial charge is 0.494 e. The standard InChI is InChI=1S/C15H17ClN2O2/c1-18-13-10(14(16)19)7-8-11(20-2)12(13)17-15(18)9-5-3-4-6-9/h7-9H,3-6H2,1-2H3. The van der Waals surface area contributed by atoms with Gasteiger partial charge >= 0.3 is 0 Å². The number of imidazole rings is 1. The zero-order valence-electron chi connectivity index (χ0n) is 11.6. The molecule has 20 heavy (non-hydrogen) atoms. The van der Waals surface area contributed by atoms with E-state index in [-0.39, 0.29) is 0 Å². The van der Waals surface area contributed by atoms with Crippen LogP contribution in [0.2, 0.25) is 0 Å². The number of carbonyl (C=O) groups is 1. The van der Waals surface area contributed by atoms with Gasteiger partial charge in [0.2, 0.25) is 0 Å². The molecule has 106 valence electrons. The van der Waals surface area contributed by atoms with Crippen molar-refractivity contribution in [2.75, 3.05) is 7.11 Å². The van der Waals surface area contributed by atoms with E-state index < -0.39 is 5.24 Å². The molecule has 0 amide bonds. The molecule has 1 aromatic heterocycles. The number of carbonyl (C=O) groups excluding carboxylic acids is 1. The first-order chi connectivity index (χ1) is 9.63. The third-order valence-corrected chi connectivity index (χ3v) is 4.38. The Labute approximate surface area is 122 Å². The van der Waals surface area contributed by atoms with Gasteiger partial charge in [0.05, 0.1) is 18.2 Å². The van der Waals surface area contributed by atoms with Crippen LogP contribution >= 0.6 is 11.6 Å². The molecule has 4 nitrogen and oxygen atoms in total. The Morgan fingerprint density at radius 3 is 2.70 bits per heavy atom. The van der Waals surface area contributed by atoms with E-state index in [0.29, 0.717) is 17.2 Å². The van der Waals surface area contributed by atoms with Crippen LogP contribution in [-0.4, -0.2) is 21.9 Å². The molecule has 1 aromatic carbocycles. The van der Waals surface area contributed by atoms with Gasteiger partial charge < -0.3 is 9.30 Å². The Hall–Kier alpha value is -1.55. The van der Waals surface area contributed by atoms with Crippen molar-refractivity contribution in [3.05, 3.63) is 23.5 Å². The molecule has 0 atom stereocenters. The van der Waals surface area contributed by atoms with Gasteiger partial charge in [-0.05, 0) is 36.6 Å². The van der Waals surface area contributed by atoms with Gasteiger partial charge in [-0.3, -0.25) is 4.79 Å². The van der Waals surface area contributed by atoms with E-state index in [9.17, 15) is 4.79 Å². The minimum Gasteiger partial charge on any atom is -0.494 e. The minimum atomic E-state index is -0.460. The zero-order valence-corrected chi connectivity index (χ0v) is 12.4. The molecule has 2 aromatic rings. The van der Waals surface area contributed by atoms with Gasteiger partial charge in [0.25, 0.3) is 5.24 Å². The topological polar surface area (TPSA) is 44.1 Å². The molecule has 0 radical (unpaired) electrons. The number of hydrogen-bond donors (Lipinski definition) is 0. The smallest absolute Gasteiger partial charge is 0.254 e. The van der Waals surface area contributed by atoms with E-state index >= 15 is 0 Å². The van der Waals surface area contributed by atoms with Gasteiger partial charge in [0, 0.05) is 13.0 Å². The summed E-state index contributed by atoms with van der Waals surface area (Å²) in [6.07, 6.45) is 4.80. The second kappa shape index (κ2) is 5.09. The summed E-state index contributed by atoms with van der Waals surface area (Å²) in [6.45, 7) is 0. The van der Waals surface area contributed by atoms with E-state index in [1.54, 1.807) is 19.2 Å². The maximum Gasteiger partial charge on any atom is 0.254 e. The Morgan fingerprint density at radius 2 is 2.10 bits per heavy atom. The molecule has 0 bridgehead atoms. The third kappa shape index (κ3) is 1.99. The number of hydrogen-bond acceptors (Lipinski definition) is 3. The maximum atomic E-state index is 11.6. The lowest BCUT2D eigenvalue weighted by molar-refractivity contribution is 0.108. The second-order valence-electron chi connectivity index (χ2n) is 5.30. The predicted octanol–water partition coefficient (Wildman–Crippen LogP) is 3.62. The first-order valence-corrected chi connectivity index (χ1v) is 7.24. The number of nitrogens with zero attached hydrogens (tertiary/aromatic N) is 2. The molecular weight excluding hydrogens is 276 g/mol. The highest BCUT2D eigenvalue weighted by Gasteiger charge is 2.25. The van der Waals surface area contributed by atoms with Crippen LogP contribution in [0.5, 0.6) is 5.75 Å². The van der Waals surface area contributed by atoms with Crippen molar-refractivity contribution in [2.24, 2.45) is 7.05 Å². The van der Waals surface area contributed by atoms with Crippen molar-refractivity contribution in [3.8, 4) is 5.75 Å². The molecule has 1 saturated carbocycles. The number of fused-ring (bicyclic) bond motifs is 1. The second-order valence-corrected chi connectivity index (χ2v) is 5.64. The maximum absolute atomic E-state index is 11.6. The summed E-state index contributed by atoms with van der Waals surface area (Å²) in [5.41, 5.74) is 1.98. The van der Waals surface area contributed by atoms with E-state index in [2.05, 4.69) is 0 Å². The van der Waals surface area contributed by atoms with Gasteiger partial charge in [0.15, 0.2) is 0 Å². The molecular formula is C15H17ClN2O2. The molecule has 0 spiro atoms. The highest BCUT2D eigenvalue weighted by atomic mass is 35.5. The van der Waals surface area contributed by atoms with Crippen molar-refractivity contribution in [1.82, 2.24) is 9.55 Å². The van der Waals surface area contributed by atoms with Crippen LogP contribution in [0.3, 0.4) is 0 Å². The summed E-state index contributed by atoms with van der Waals surface area (Å²) >= 11 is 5.70. The van der Waals surface area contributed by atoms with Crippen LogP contribution in [0.15, 0.2) is 12.1 Å². The van der Waals surface area contributed by atoms with Crippen molar-refractivity contribution < 1.29 is 9.53 Å². The fraction of sp³-hybridized carbons (Fsp3) is 0.467. The lowest BCUT2D eigenvalue weighted by atomic mass is 10.1. The predicted molar refractivity (Wildman–Crippen MR) is 78.7 cm³/mol. The molecule has 1 aliphatic carbocycles. The van der Waals surface area contributed by atoms with Gasteiger partial charge in [-0.2, -0.15) is 0 Å². The Kier molecular flexibility index (Phi) is 3.42. The monoisotopic (exact) mass is 292 g/mol. The average Bonchev–Trinajstić information content (AvgIpc) is 3.06. The van der Waals surface area contributed by atoms with E-state index in [4.69, 9.17) is 21.3 Å². The summed E-state index contributed by atoms with van der Waals surface area (Å²) in [5, 5.41) is -0.460. The fourth-order valence-corrected chi connectivity index (χ4v) is 3.34. The summed E-state index contributed by atoms with van der Waals surface area (Å²) in [5.74, 6) is 2.18. The molecule has 0 saturated heterocycles. The average molecular weight is 293 g/mol. The highest BCUT2D eigenvalue weighted by molar-refractivity contribution is 6.68. The SMILES string of the molecule is COc1ccc(C(=O)Cl)c2c1nc(C1CCCC1)n2C. The highest BCUT2D eigenvalue weighted by Crippen LogP contribution is 2.37. The Bertz CT molecular complexity index is 672. The van der Waals surface area contributed by atoms with Crippen molar-refractivity contribution in [3.63, 3.8) is 0 Å². The molecule has 1 fully saturated rings. The molecule has 3 rings (SSSR count). The van der Waals surface area contributed by atoms with Crippen LogP contribution < -0.4 is 4.74 Å². The number of aromatic nitrogens is 2. The van der Waals surface area contributed by atoms with Crippen LogP contribution in [0.25, 0.3) is 11.0 Å². The molecule has 0 N–H and O–H groups in total. The normalized spacial score (nSPS) is 15.9. The summed E-state index contributed by atoms with van der Waals surface area (Å²) in [4.78, 5) is 16.4. The first-order valence-electron chi connectivity index (χ1n) is 6.86. The molecule has 0 unspecified atom stereocenters. The van der Waals surface area contributed by atoms with Crippen LogP contribution in [0.1, 0.15) is 47.8 Å². The molecule has 1 aliphatic rings. The molecule has 5 heteroatoms. The Balaban J connectivity index is 2.27. The van der Waals surface area contributed by atoms with Gasteiger partial charge in [-0.1, -0.05) is 12.8 Å². The van der Waals surface area contributed by atoms with Crippen LogP contribution in [0.4, 0.5) is 0 Å². The van der Waals surface area contributed by atoms with Gasteiger partial charge in [0.1, 0.15) is 17.1 Å². The first kappa shape index (κ1) is 13.4. The Morgan fingerprint density at radius 1 is 1.40 bits per heavy atom. The summed E-state index contributed by atoms with van der Waals surface area (Å²) in [6, 6.07) is 3.46. The number of benzene rings is 1. The van der Waals surface area contributed by atoms with E-state index in [1.165, 1.54) is 12.8 Å². The lowest BCUT2D eigenvalue weighted by Crippen LogP contribution is -2.04. The van der Waals surface area contributed by atoms with Crippen LogP contribution in [0, 0.1) is 0 Å². The number of halogens is 1. The lowest BCUT2D eigenvalue weighted by Gasteiger charge is -2.09. The number of aryl methyl sites for hydroxylation is 1. The van der Waals surface area contributed by atoms with Gasteiger partial charge in [-0.15, -0.1) is 0 Å².